The summed E-state index contributed by atoms with van der Waals surface area (Å²) in [6.45, 7) is 0.406. The van der Waals surface area contributed by atoms with E-state index in [0.717, 1.165) is 24.2 Å². The van der Waals surface area contributed by atoms with Crippen LogP contribution in [0.25, 0.3) is 0 Å². The Morgan fingerprint density at radius 2 is 2.09 bits per heavy atom. The van der Waals surface area contributed by atoms with E-state index in [-0.39, 0.29) is 16.8 Å². The average molecular weight is 345 g/mol. The molecule has 1 aromatic rings. The number of carbonyl (C=O) groups is 1. The molecule has 1 fully saturated rings. The van der Waals surface area contributed by atoms with Crippen LogP contribution in [-0.4, -0.2) is 34.0 Å². The van der Waals surface area contributed by atoms with E-state index in [1.807, 2.05) is 0 Å². The van der Waals surface area contributed by atoms with Crippen LogP contribution in [0.5, 0.6) is 0 Å². The molecule has 0 radical (unpaired) electrons. The highest BCUT2D eigenvalue weighted by Crippen LogP contribution is 2.27. The third kappa shape index (κ3) is 4.07. The molecule has 2 rings (SSSR count). The zero-order valence-electron chi connectivity index (χ0n) is 12.7. The summed E-state index contributed by atoms with van der Waals surface area (Å²) in [5, 5.41) is 4.44. The second kappa shape index (κ2) is 7.54. The summed E-state index contributed by atoms with van der Waals surface area (Å²) in [4.78, 5) is 12.8. The monoisotopic (exact) mass is 345 g/mol. The van der Waals surface area contributed by atoms with Gasteiger partial charge in [0.05, 0.1) is 9.77 Å². The highest BCUT2D eigenvalue weighted by atomic mass is 32.2. The van der Waals surface area contributed by atoms with Crippen LogP contribution >= 0.6 is 11.3 Å². The van der Waals surface area contributed by atoms with E-state index >= 15 is 0 Å². The van der Waals surface area contributed by atoms with Crippen molar-refractivity contribution in [1.29, 1.82) is 0 Å². The minimum Gasteiger partial charge on any atom is -0.347 e. The zero-order valence-corrected chi connectivity index (χ0v) is 14.3. The fraction of sp³-hybridized carbons (Fsp3) is 0.643. The van der Waals surface area contributed by atoms with E-state index in [1.165, 1.54) is 37.8 Å². The van der Waals surface area contributed by atoms with Crippen LogP contribution in [0.15, 0.2) is 16.3 Å². The molecule has 8 heteroatoms. The van der Waals surface area contributed by atoms with Gasteiger partial charge in [0.2, 0.25) is 10.0 Å². The number of thiophene rings is 1. The van der Waals surface area contributed by atoms with Gasteiger partial charge in [0.1, 0.15) is 0 Å². The van der Waals surface area contributed by atoms with E-state index in [9.17, 15) is 13.2 Å². The number of sulfonamides is 1. The van der Waals surface area contributed by atoms with Crippen molar-refractivity contribution in [2.75, 3.05) is 13.6 Å². The largest absolute Gasteiger partial charge is 0.347 e. The number of hydrogen-bond donors (Lipinski definition) is 3. The van der Waals surface area contributed by atoms with Crippen molar-refractivity contribution in [3.63, 3.8) is 0 Å². The topological polar surface area (TPSA) is 101 Å². The number of hydrogen-bond acceptors (Lipinski definition) is 5. The van der Waals surface area contributed by atoms with Crippen molar-refractivity contribution in [1.82, 2.24) is 10.0 Å². The number of amides is 1. The number of rotatable bonds is 6. The Kier molecular flexibility index (Phi) is 5.96. The fourth-order valence-electron chi connectivity index (χ4n) is 2.84. The van der Waals surface area contributed by atoms with Gasteiger partial charge in [-0.25, -0.2) is 13.1 Å². The summed E-state index contributed by atoms with van der Waals surface area (Å²) < 4.78 is 25.7. The zero-order chi connectivity index (χ0) is 16.2. The fourth-order valence-corrected chi connectivity index (χ4v) is 4.75. The predicted octanol–water partition coefficient (Wildman–Crippen LogP) is 1.29. The third-order valence-electron chi connectivity index (χ3n) is 4.17. The molecule has 1 aromatic heterocycles. The normalized spacial score (nSPS) is 18.1. The van der Waals surface area contributed by atoms with Gasteiger partial charge in [0.15, 0.2) is 0 Å². The molecule has 6 nitrogen and oxygen atoms in total. The lowest BCUT2D eigenvalue weighted by molar-refractivity contribution is 0.0919. The van der Waals surface area contributed by atoms with Gasteiger partial charge in [-0.3, -0.25) is 4.79 Å². The summed E-state index contributed by atoms with van der Waals surface area (Å²) in [5.41, 5.74) is 5.81. The van der Waals surface area contributed by atoms with Gasteiger partial charge in [-0.1, -0.05) is 19.3 Å². The highest BCUT2D eigenvalue weighted by Gasteiger charge is 2.25. The Balaban J connectivity index is 2.04. The van der Waals surface area contributed by atoms with Crippen molar-refractivity contribution in [3.05, 3.63) is 16.3 Å². The van der Waals surface area contributed by atoms with Gasteiger partial charge in [0.25, 0.3) is 5.91 Å². The van der Waals surface area contributed by atoms with Gasteiger partial charge in [0, 0.05) is 18.0 Å². The van der Waals surface area contributed by atoms with Crippen LogP contribution in [0.2, 0.25) is 0 Å². The lowest BCUT2D eigenvalue weighted by Crippen LogP contribution is -2.45. The highest BCUT2D eigenvalue weighted by molar-refractivity contribution is 7.89. The molecular weight excluding hydrogens is 322 g/mol. The molecule has 1 aliphatic carbocycles. The summed E-state index contributed by atoms with van der Waals surface area (Å²) in [6, 6.07) is 1.36. The van der Waals surface area contributed by atoms with E-state index in [4.69, 9.17) is 5.73 Å². The average Bonchev–Trinajstić information content (AvgIpc) is 3.04. The molecule has 0 bridgehead atoms. The second-order valence-corrected chi connectivity index (χ2v) is 8.37. The third-order valence-corrected chi connectivity index (χ3v) is 6.64. The van der Waals surface area contributed by atoms with Crippen LogP contribution in [0, 0.1) is 5.92 Å². The van der Waals surface area contributed by atoms with Gasteiger partial charge in [-0.15, -0.1) is 11.3 Å². The van der Waals surface area contributed by atoms with Gasteiger partial charge >= 0.3 is 0 Å². The maximum absolute atomic E-state index is 12.3. The lowest BCUT2D eigenvalue weighted by Gasteiger charge is -2.29. The first-order valence-electron chi connectivity index (χ1n) is 7.51. The van der Waals surface area contributed by atoms with Crippen LogP contribution in [0.3, 0.4) is 0 Å². The Morgan fingerprint density at radius 1 is 1.41 bits per heavy atom. The minimum atomic E-state index is -3.51. The summed E-state index contributed by atoms with van der Waals surface area (Å²) >= 11 is 1.13. The molecular formula is C14H23N3O3S2. The van der Waals surface area contributed by atoms with E-state index < -0.39 is 10.0 Å². The summed E-state index contributed by atoms with van der Waals surface area (Å²) in [6.07, 6.45) is 5.79. The molecule has 1 amide bonds. The van der Waals surface area contributed by atoms with Crippen molar-refractivity contribution in [3.8, 4) is 0 Å². The molecule has 0 aromatic carbocycles. The molecule has 1 aliphatic rings. The maximum atomic E-state index is 12.3. The van der Waals surface area contributed by atoms with Crippen LogP contribution in [0.1, 0.15) is 41.8 Å². The molecule has 1 atom stereocenters. The molecule has 0 spiro atoms. The van der Waals surface area contributed by atoms with Crippen molar-refractivity contribution in [2.45, 2.75) is 43.0 Å². The molecule has 0 aliphatic heterocycles. The molecule has 124 valence electrons. The number of carbonyl (C=O) groups excluding carboxylic acids is 1. The maximum Gasteiger partial charge on any atom is 0.261 e. The standard InChI is InChI=1S/C14H23N3O3S2/c1-16-22(19,20)11-7-13(21-9-11)14(18)17-12(8-15)10-5-3-2-4-6-10/h7,9-10,12,16H,2-6,8,15H2,1H3,(H,17,18). The van der Waals surface area contributed by atoms with Crippen molar-refractivity contribution < 1.29 is 13.2 Å². The molecule has 0 saturated heterocycles. The smallest absolute Gasteiger partial charge is 0.261 e. The van der Waals surface area contributed by atoms with Crippen LogP contribution in [0.4, 0.5) is 0 Å². The quantitative estimate of drug-likeness (QED) is 0.723. The van der Waals surface area contributed by atoms with Crippen LogP contribution < -0.4 is 15.8 Å². The van der Waals surface area contributed by atoms with E-state index in [2.05, 4.69) is 10.0 Å². The van der Waals surface area contributed by atoms with Crippen LogP contribution in [-0.2, 0) is 10.0 Å². The number of nitrogens with two attached hydrogens (primary N) is 1. The molecule has 1 unspecified atom stereocenters. The Labute approximate surface area is 135 Å². The predicted molar refractivity (Wildman–Crippen MR) is 87.4 cm³/mol. The van der Waals surface area contributed by atoms with E-state index in [1.54, 1.807) is 0 Å². The lowest BCUT2D eigenvalue weighted by atomic mass is 9.84. The van der Waals surface area contributed by atoms with Crippen molar-refractivity contribution >= 4 is 27.3 Å². The molecule has 4 N–H and O–H groups in total. The first-order chi connectivity index (χ1) is 10.5. The summed E-state index contributed by atoms with van der Waals surface area (Å²) in [7, 11) is -2.16. The Morgan fingerprint density at radius 3 is 2.68 bits per heavy atom. The second-order valence-electron chi connectivity index (χ2n) is 5.57. The number of nitrogens with one attached hydrogen (secondary N) is 2. The first-order valence-corrected chi connectivity index (χ1v) is 9.87. The van der Waals surface area contributed by atoms with Gasteiger partial charge in [-0.05, 0) is 31.9 Å². The first kappa shape index (κ1) is 17.4. The SMILES string of the molecule is CNS(=O)(=O)c1csc(C(=O)NC(CN)C2CCCCC2)c1. The molecule has 22 heavy (non-hydrogen) atoms. The van der Waals surface area contributed by atoms with Gasteiger partial charge < -0.3 is 11.1 Å². The summed E-state index contributed by atoms with van der Waals surface area (Å²) in [5.74, 6) is 0.173. The van der Waals surface area contributed by atoms with E-state index in [0.29, 0.717) is 17.3 Å². The van der Waals surface area contributed by atoms with Gasteiger partial charge in [-0.2, -0.15) is 0 Å². The Hall–Kier alpha value is -0.960. The minimum absolute atomic E-state index is 0.0424. The molecule has 1 saturated carbocycles. The van der Waals surface area contributed by atoms with Crippen molar-refractivity contribution in [2.24, 2.45) is 11.7 Å². The molecule has 1 heterocycles. The Bertz CT molecular complexity index is 607.